The van der Waals surface area contributed by atoms with Crippen molar-refractivity contribution in [3.8, 4) is 16.9 Å². The van der Waals surface area contributed by atoms with Gasteiger partial charge in [0.05, 0.1) is 29.0 Å². The maximum atomic E-state index is 12.9. The van der Waals surface area contributed by atoms with Crippen LogP contribution in [0.1, 0.15) is 36.8 Å². The van der Waals surface area contributed by atoms with Gasteiger partial charge in [-0.2, -0.15) is 26.3 Å². The molecule has 1 saturated carbocycles. The number of carboxylic acids is 1. The van der Waals surface area contributed by atoms with E-state index >= 15 is 0 Å². The van der Waals surface area contributed by atoms with Crippen molar-refractivity contribution in [2.75, 3.05) is 6.61 Å². The number of hydrogen-bond acceptors (Lipinski definition) is 2. The van der Waals surface area contributed by atoms with Gasteiger partial charge in [0.2, 0.25) is 0 Å². The predicted molar refractivity (Wildman–Crippen MR) is 101 cm³/mol. The molecular formula is C21H17ClF6O3. The first kappa shape index (κ1) is 23.2. The minimum atomic E-state index is -4.57. The largest absolute Gasteiger partial charge is 0.491 e. The fourth-order valence-corrected chi connectivity index (χ4v) is 3.77. The van der Waals surface area contributed by atoms with Crippen LogP contribution in [0.4, 0.5) is 26.3 Å². The molecular weight excluding hydrogens is 450 g/mol. The maximum Gasteiger partial charge on any atom is 0.416 e. The van der Waals surface area contributed by atoms with Crippen LogP contribution in [0.2, 0.25) is 5.02 Å². The molecule has 31 heavy (non-hydrogen) atoms. The molecule has 0 unspecified atom stereocenters. The summed E-state index contributed by atoms with van der Waals surface area (Å²) in [5.41, 5.74) is -1.44. The minimum Gasteiger partial charge on any atom is -0.491 e. The summed E-state index contributed by atoms with van der Waals surface area (Å²) in [6.07, 6.45) is -8.93. The summed E-state index contributed by atoms with van der Waals surface area (Å²) in [4.78, 5) is 11.9. The average Bonchev–Trinajstić information content (AvgIpc) is 2.60. The zero-order chi connectivity index (χ0) is 23.0. The highest BCUT2D eigenvalue weighted by atomic mass is 35.5. The molecule has 0 amide bonds. The lowest BCUT2D eigenvalue weighted by atomic mass is 9.64. The monoisotopic (exact) mass is 466 g/mol. The number of carboxylic acid groups (broad SMARTS) is 1. The van der Waals surface area contributed by atoms with Crippen LogP contribution in [0.15, 0.2) is 36.4 Å². The number of aliphatic carboxylic acids is 1. The van der Waals surface area contributed by atoms with E-state index in [0.717, 1.165) is 24.3 Å². The second-order valence-corrected chi connectivity index (χ2v) is 7.77. The third-order valence-electron chi connectivity index (χ3n) is 5.37. The molecule has 0 bridgehead atoms. The van der Waals surface area contributed by atoms with Crippen molar-refractivity contribution in [1.82, 2.24) is 0 Å². The lowest BCUT2D eigenvalue weighted by Crippen LogP contribution is -2.42. The molecule has 0 saturated heterocycles. The van der Waals surface area contributed by atoms with Crippen molar-refractivity contribution in [3.63, 3.8) is 0 Å². The molecule has 0 aromatic heterocycles. The summed E-state index contributed by atoms with van der Waals surface area (Å²) in [5.74, 6) is -1.21. The molecule has 1 aliphatic carbocycles. The fourth-order valence-electron chi connectivity index (χ4n) is 3.49. The maximum absolute atomic E-state index is 12.9. The number of hydrogen-bond donors (Lipinski definition) is 1. The van der Waals surface area contributed by atoms with Gasteiger partial charge >= 0.3 is 18.3 Å². The van der Waals surface area contributed by atoms with Gasteiger partial charge in [0.25, 0.3) is 0 Å². The molecule has 1 aliphatic rings. The van der Waals surface area contributed by atoms with E-state index in [-0.39, 0.29) is 21.9 Å². The van der Waals surface area contributed by atoms with Gasteiger partial charge < -0.3 is 9.84 Å². The molecule has 3 nitrogen and oxygen atoms in total. The first-order chi connectivity index (χ1) is 14.3. The number of rotatable bonds is 6. The van der Waals surface area contributed by atoms with E-state index < -0.39 is 42.3 Å². The van der Waals surface area contributed by atoms with Crippen LogP contribution in [0.5, 0.6) is 5.75 Å². The zero-order valence-corrected chi connectivity index (χ0v) is 16.7. The van der Waals surface area contributed by atoms with Crippen LogP contribution in [-0.4, -0.2) is 23.9 Å². The Balaban J connectivity index is 2.07. The summed E-state index contributed by atoms with van der Waals surface area (Å²) >= 11 is 6.25. The van der Waals surface area contributed by atoms with Crippen LogP contribution in [0.25, 0.3) is 11.1 Å². The zero-order valence-electron chi connectivity index (χ0n) is 15.9. The molecule has 2 aromatic carbocycles. The lowest BCUT2D eigenvalue weighted by Gasteiger charge is -2.38. The van der Waals surface area contributed by atoms with Gasteiger partial charge in [0.15, 0.2) is 0 Å². The van der Waals surface area contributed by atoms with Gasteiger partial charge in [-0.05, 0) is 48.2 Å². The van der Waals surface area contributed by atoms with E-state index in [1.54, 1.807) is 0 Å². The highest BCUT2D eigenvalue weighted by molar-refractivity contribution is 6.32. The van der Waals surface area contributed by atoms with Crippen molar-refractivity contribution >= 4 is 17.6 Å². The summed E-state index contributed by atoms with van der Waals surface area (Å²) in [5, 5.41) is 9.58. The molecule has 0 heterocycles. The molecule has 0 atom stereocenters. The first-order valence-electron chi connectivity index (χ1n) is 9.28. The Kier molecular flexibility index (Phi) is 6.19. The number of alkyl halides is 6. The van der Waals surface area contributed by atoms with Crippen LogP contribution in [-0.2, 0) is 16.4 Å². The van der Waals surface area contributed by atoms with Crippen LogP contribution in [0, 0.1) is 0 Å². The normalized spacial score (nSPS) is 16.0. The summed E-state index contributed by atoms with van der Waals surface area (Å²) in [7, 11) is 0. The first-order valence-corrected chi connectivity index (χ1v) is 9.66. The quantitative estimate of drug-likeness (QED) is 0.473. The second kappa shape index (κ2) is 8.26. The molecule has 3 rings (SSSR count). The van der Waals surface area contributed by atoms with E-state index in [1.807, 2.05) is 0 Å². The fraction of sp³-hybridized carbons (Fsp3) is 0.381. The summed E-state index contributed by atoms with van der Waals surface area (Å²) < 4.78 is 81.5. The molecule has 10 heteroatoms. The van der Waals surface area contributed by atoms with E-state index in [2.05, 4.69) is 0 Å². The topological polar surface area (TPSA) is 46.5 Å². The molecule has 2 aromatic rings. The number of halogens is 7. The van der Waals surface area contributed by atoms with Crippen molar-refractivity contribution < 1.29 is 41.0 Å². The Labute approximate surface area is 178 Å². The van der Waals surface area contributed by atoms with Gasteiger partial charge in [-0.3, -0.25) is 4.79 Å². The third kappa shape index (κ3) is 4.92. The standard InChI is InChI=1S/C21H17ClF6O3/c22-16-11-14(19(18(29)30)6-1-7-19)10-15(17(16)31-9-8-20(23,24)25)12-2-4-13(5-3-12)21(26,27)28/h2-5,10-11H,1,6-9H2,(H,29,30). The number of benzene rings is 2. The Hall–Kier alpha value is -2.42. The molecule has 0 spiro atoms. The molecule has 1 fully saturated rings. The summed E-state index contributed by atoms with van der Waals surface area (Å²) in [6, 6.07) is 6.69. The van der Waals surface area contributed by atoms with Crippen molar-refractivity contribution in [3.05, 3.63) is 52.5 Å². The Morgan fingerprint density at radius 1 is 1.06 bits per heavy atom. The Morgan fingerprint density at radius 3 is 2.13 bits per heavy atom. The molecule has 168 valence electrons. The van der Waals surface area contributed by atoms with Crippen molar-refractivity contribution in [2.24, 2.45) is 0 Å². The summed E-state index contributed by atoms with van der Waals surface area (Å²) in [6.45, 7) is -0.750. The second-order valence-electron chi connectivity index (χ2n) is 7.36. The van der Waals surface area contributed by atoms with E-state index in [0.29, 0.717) is 24.8 Å². The van der Waals surface area contributed by atoms with Crippen LogP contribution in [0.3, 0.4) is 0 Å². The van der Waals surface area contributed by atoms with Crippen LogP contribution >= 0.6 is 11.6 Å². The van der Waals surface area contributed by atoms with Crippen molar-refractivity contribution in [2.45, 2.75) is 43.5 Å². The molecule has 0 aliphatic heterocycles. The Bertz CT molecular complexity index is 963. The smallest absolute Gasteiger partial charge is 0.416 e. The molecule has 0 radical (unpaired) electrons. The average molecular weight is 467 g/mol. The van der Waals surface area contributed by atoms with Gasteiger partial charge in [-0.25, -0.2) is 0 Å². The number of carbonyl (C=O) groups is 1. The third-order valence-corrected chi connectivity index (χ3v) is 5.65. The minimum absolute atomic E-state index is 0.109. The van der Waals surface area contributed by atoms with Gasteiger partial charge in [0, 0.05) is 5.56 Å². The Morgan fingerprint density at radius 2 is 1.68 bits per heavy atom. The lowest BCUT2D eigenvalue weighted by molar-refractivity contribution is -0.147. The van der Waals surface area contributed by atoms with Gasteiger partial charge in [-0.1, -0.05) is 30.2 Å². The van der Waals surface area contributed by atoms with E-state index in [4.69, 9.17) is 16.3 Å². The van der Waals surface area contributed by atoms with Gasteiger partial charge in [0.1, 0.15) is 5.75 Å². The van der Waals surface area contributed by atoms with Crippen molar-refractivity contribution in [1.29, 1.82) is 0 Å². The predicted octanol–water partition coefficient (Wildman–Crippen LogP) is 6.86. The molecule has 1 N–H and O–H groups in total. The number of ether oxygens (including phenoxy) is 1. The van der Waals surface area contributed by atoms with E-state index in [1.165, 1.54) is 12.1 Å². The van der Waals surface area contributed by atoms with Gasteiger partial charge in [-0.15, -0.1) is 0 Å². The van der Waals surface area contributed by atoms with Crippen LogP contribution < -0.4 is 4.74 Å². The highest BCUT2D eigenvalue weighted by Crippen LogP contribution is 2.48. The SMILES string of the molecule is O=C(O)C1(c2cc(Cl)c(OCCC(F)(F)F)c(-c3ccc(C(F)(F)F)cc3)c2)CCC1. The highest BCUT2D eigenvalue weighted by Gasteiger charge is 2.46. The van der Waals surface area contributed by atoms with E-state index in [9.17, 15) is 36.2 Å².